The number of hydrogen-bond acceptors (Lipinski definition) is 4. The zero-order valence-corrected chi connectivity index (χ0v) is 15.5. The molecule has 6 nitrogen and oxygen atoms in total. The van der Waals surface area contributed by atoms with E-state index >= 15 is 0 Å². The molecule has 0 unspecified atom stereocenters. The number of hydrogen-bond donors (Lipinski definition) is 1. The molecule has 1 saturated heterocycles. The number of nitrogens with one attached hydrogen (secondary N) is 1. The van der Waals surface area contributed by atoms with Gasteiger partial charge in [-0.1, -0.05) is 31.2 Å². The average molecular weight is 362 g/mol. The van der Waals surface area contributed by atoms with E-state index in [0.717, 1.165) is 24.0 Å². The number of carbonyl (C=O) groups is 2. The first-order valence-corrected chi connectivity index (χ1v) is 9.30. The highest BCUT2D eigenvalue weighted by Gasteiger charge is 2.40. The molecule has 1 aromatic heterocycles. The number of amides is 2. The van der Waals surface area contributed by atoms with Gasteiger partial charge in [-0.3, -0.25) is 9.59 Å². The Bertz CT molecular complexity index is 1010. The molecule has 0 bridgehead atoms. The minimum Gasteiger partial charge on any atom is -0.343 e. The summed E-state index contributed by atoms with van der Waals surface area (Å²) in [7, 11) is 0. The molecule has 1 aliphatic rings. The van der Waals surface area contributed by atoms with Crippen molar-refractivity contribution < 1.29 is 9.59 Å². The normalized spacial score (nSPS) is 17.1. The first-order valence-electron chi connectivity index (χ1n) is 9.30. The Hall–Kier alpha value is -3.15. The quantitative estimate of drug-likeness (QED) is 0.707. The fraction of sp³-hybridized carbons (Fsp3) is 0.286. The number of imide groups is 1. The summed E-state index contributed by atoms with van der Waals surface area (Å²) in [4.78, 5) is 31.3. The second-order valence-corrected chi connectivity index (χ2v) is 6.66. The lowest BCUT2D eigenvalue weighted by molar-refractivity contribution is -0.121. The van der Waals surface area contributed by atoms with Gasteiger partial charge < -0.3 is 9.88 Å². The monoisotopic (exact) mass is 362 g/mol. The molecule has 0 radical (unpaired) electrons. The number of nitrogens with zero attached hydrogens (tertiary/aromatic N) is 3. The van der Waals surface area contributed by atoms with Crippen LogP contribution in [-0.4, -0.2) is 27.4 Å². The fourth-order valence-electron chi connectivity index (χ4n) is 3.56. The second-order valence-electron chi connectivity index (χ2n) is 6.66. The molecule has 138 valence electrons. The topological polar surface area (TPSA) is 67.2 Å². The number of aromatic nitrogens is 2. The van der Waals surface area contributed by atoms with Crippen LogP contribution >= 0.6 is 0 Å². The molecule has 2 aromatic carbocycles. The summed E-state index contributed by atoms with van der Waals surface area (Å²) in [6.07, 6.45) is 1.04. The molecule has 0 saturated carbocycles. The lowest BCUT2D eigenvalue weighted by atomic mass is 10.1. The van der Waals surface area contributed by atoms with Gasteiger partial charge in [0, 0.05) is 6.54 Å². The smallest absolute Gasteiger partial charge is 0.256 e. The van der Waals surface area contributed by atoms with Gasteiger partial charge in [-0.05, 0) is 43.2 Å². The predicted octanol–water partition coefficient (Wildman–Crippen LogP) is 3.36. The van der Waals surface area contributed by atoms with Gasteiger partial charge in [0.25, 0.3) is 5.91 Å². The first kappa shape index (κ1) is 17.3. The predicted molar refractivity (Wildman–Crippen MR) is 106 cm³/mol. The van der Waals surface area contributed by atoms with Crippen molar-refractivity contribution in [2.45, 2.75) is 39.3 Å². The van der Waals surface area contributed by atoms with Crippen molar-refractivity contribution in [1.29, 1.82) is 0 Å². The van der Waals surface area contributed by atoms with Crippen molar-refractivity contribution in [2.24, 2.45) is 0 Å². The number of anilines is 2. The van der Waals surface area contributed by atoms with E-state index in [1.807, 2.05) is 60.0 Å². The molecule has 2 heterocycles. The summed E-state index contributed by atoms with van der Waals surface area (Å²) < 4.78 is 2.02. The lowest BCUT2D eigenvalue weighted by Crippen LogP contribution is -2.35. The van der Waals surface area contributed by atoms with Gasteiger partial charge >= 0.3 is 0 Å². The van der Waals surface area contributed by atoms with Gasteiger partial charge in [0.1, 0.15) is 6.04 Å². The Morgan fingerprint density at radius 2 is 1.81 bits per heavy atom. The number of rotatable bonds is 5. The standard InChI is InChI=1S/C21H22N4O2/c1-3-14-9-11-15(12-10-14)25-19(26)13-17(20(25)27)23-21-22-16-7-5-6-8-18(16)24(21)4-2/h5-12,17H,3-4,13H2,1-2H3,(H,22,23)/t17-/m0/s1. The third kappa shape index (κ3) is 2.97. The average Bonchev–Trinajstić information content (AvgIpc) is 3.18. The van der Waals surface area contributed by atoms with Crippen LogP contribution in [0.2, 0.25) is 0 Å². The van der Waals surface area contributed by atoms with Crippen LogP contribution in [0.15, 0.2) is 48.5 Å². The fourth-order valence-corrected chi connectivity index (χ4v) is 3.56. The van der Waals surface area contributed by atoms with Gasteiger partial charge in [0.15, 0.2) is 0 Å². The van der Waals surface area contributed by atoms with E-state index in [2.05, 4.69) is 17.2 Å². The SMILES string of the molecule is CCc1ccc(N2C(=O)C[C@H](Nc3nc4ccccc4n3CC)C2=O)cc1. The minimum absolute atomic E-state index is 0.126. The molecule has 4 rings (SSSR count). The van der Waals surface area contributed by atoms with Crippen molar-refractivity contribution in [2.75, 3.05) is 10.2 Å². The molecule has 0 spiro atoms. The molecular weight excluding hydrogens is 340 g/mol. The lowest BCUT2D eigenvalue weighted by Gasteiger charge is -2.16. The number of carbonyl (C=O) groups excluding carboxylic acids is 2. The zero-order valence-electron chi connectivity index (χ0n) is 15.5. The Kier molecular flexibility index (Phi) is 4.39. The molecule has 3 aromatic rings. The summed E-state index contributed by atoms with van der Waals surface area (Å²) >= 11 is 0. The Morgan fingerprint density at radius 1 is 1.07 bits per heavy atom. The number of benzene rings is 2. The van der Waals surface area contributed by atoms with Crippen molar-refractivity contribution in [3.63, 3.8) is 0 Å². The van der Waals surface area contributed by atoms with Crippen LogP contribution in [-0.2, 0) is 22.6 Å². The summed E-state index contributed by atoms with van der Waals surface area (Å²) in [6.45, 7) is 4.82. The number of aryl methyl sites for hydroxylation is 2. The molecule has 1 N–H and O–H groups in total. The summed E-state index contributed by atoms with van der Waals surface area (Å²) in [5.74, 6) is 0.188. The van der Waals surface area contributed by atoms with Crippen LogP contribution in [0, 0.1) is 0 Å². The largest absolute Gasteiger partial charge is 0.343 e. The van der Waals surface area contributed by atoms with Crippen LogP contribution in [0.25, 0.3) is 11.0 Å². The number of imidazole rings is 1. The van der Waals surface area contributed by atoms with Crippen LogP contribution < -0.4 is 10.2 Å². The van der Waals surface area contributed by atoms with Gasteiger partial charge in [0.05, 0.1) is 23.1 Å². The highest BCUT2D eigenvalue weighted by molar-refractivity contribution is 6.23. The van der Waals surface area contributed by atoms with Crippen LogP contribution in [0.1, 0.15) is 25.8 Å². The highest BCUT2D eigenvalue weighted by atomic mass is 16.2. The van der Waals surface area contributed by atoms with Crippen molar-refractivity contribution in [1.82, 2.24) is 9.55 Å². The maximum Gasteiger partial charge on any atom is 0.256 e. The van der Waals surface area contributed by atoms with E-state index in [9.17, 15) is 9.59 Å². The zero-order chi connectivity index (χ0) is 19.0. The highest BCUT2D eigenvalue weighted by Crippen LogP contribution is 2.26. The van der Waals surface area contributed by atoms with E-state index in [4.69, 9.17) is 0 Å². The van der Waals surface area contributed by atoms with Crippen molar-refractivity contribution in [3.05, 3.63) is 54.1 Å². The van der Waals surface area contributed by atoms with Crippen LogP contribution in [0.4, 0.5) is 11.6 Å². The molecule has 1 atom stereocenters. The van der Waals surface area contributed by atoms with Crippen molar-refractivity contribution >= 4 is 34.5 Å². The third-order valence-electron chi connectivity index (χ3n) is 5.02. The van der Waals surface area contributed by atoms with Crippen LogP contribution in [0.3, 0.4) is 0 Å². The molecule has 27 heavy (non-hydrogen) atoms. The van der Waals surface area contributed by atoms with Crippen LogP contribution in [0.5, 0.6) is 0 Å². The van der Waals surface area contributed by atoms with Crippen molar-refractivity contribution in [3.8, 4) is 0 Å². The van der Waals surface area contributed by atoms with Gasteiger partial charge in [-0.2, -0.15) is 0 Å². The maximum absolute atomic E-state index is 12.9. The summed E-state index contributed by atoms with van der Waals surface area (Å²) in [6, 6.07) is 14.8. The van der Waals surface area contributed by atoms with Gasteiger partial charge in [-0.25, -0.2) is 9.88 Å². The third-order valence-corrected chi connectivity index (χ3v) is 5.02. The number of fused-ring (bicyclic) bond motifs is 1. The van der Waals surface area contributed by atoms with Gasteiger partial charge in [-0.15, -0.1) is 0 Å². The van der Waals surface area contributed by atoms with E-state index in [1.165, 1.54) is 10.5 Å². The van der Waals surface area contributed by atoms with E-state index in [1.54, 1.807) is 0 Å². The molecular formula is C21H22N4O2. The summed E-state index contributed by atoms with van der Waals surface area (Å²) in [5, 5.41) is 3.19. The Balaban J connectivity index is 1.60. The molecule has 1 aliphatic heterocycles. The molecule has 6 heteroatoms. The van der Waals surface area contributed by atoms with E-state index in [-0.39, 0.29) is 18.2 Å². The van der Waals surface area contributed by atoms with Gasteiger partial charge in [0.2, 0.25) is 11.9 Å². The number of para-hydroxylation sites is 2. The minimum atomic E-state index is -0.606. The summed E-state index contributed by atoms with van der Waals surface area (Å²) in [5.41, 5.74) is 3.66. The second kappa shape index (κ2) is 6.87. The molecule has 2 amide bonds. The van der Waals surface area contributed by atoms with E-state index < -0.39 is 6.04 Å². The molecule has 0 aliphatic carbocycles. The first-order chi connectivity index (χ1) is 13.1. The van der Waals surface area contributed by atoms with E-state index in [0.29, 0.717) is 11.6 Å². The Morgan fingerprint density at radius 3 is 2.52 bits per heavy atom. The molecule has 1 fully saturated rings. The maximum atomic E-state index is 12.9. The Labute approximate surface area is 157 Å².